The zero-order valence-corrected chi connectivity index (χ0v) is 52.0. The van der Waals surface area contributed by atoms with Crippen LogP contribution in [0.5, 0.6) is 0 Å². The van der Waals surface area contributed by atoms with Crippen molar-refractivity contribution in [2.75, 3.05) is 13.2 Å². The standard InChI is InChI=1S/C71H132O6/c1-4-7-10-13-16-19-22-25-28-30-32-34-35-36-37-38-40-41-43-46-49-52-55-58-61-64-70(73)76-67-68(66-75-69(72)63-60-57-54-51-48-45-27-24-21-18-15-12-9-6-3)77-71(74)65-62-59-56-53-50-47-44-42-39-33-31-29-26-23-20-17-14-11-8-5-2/h15,18,24,27,30,32,68H,4-14,16-17,19-23,25-26,28-29,31,33-67H2,1-3H3/b18-15-,27-24-,32-30-. The van der Waals surface area contributed by atoms with Gasteiger partial charge in [-0.05, 0) is 70.6 Å². The molecule has 6 heteroatoms. The smallest absolute Gasteiger partial charge is 0.306 e. The number of hydrogen-bond acceptors (Lipinski definition) is 6. The van der Waals surface area contributed by atoms with Crippen molar-refractivity contribution >= 4 is 17.9 Å². The highest BCUT2D eigenvalue weighted by molar-refractivity contribution is 5.71. The summed E-state index contributed by atoms with van der Waals surface area (Å²) in [5.74, 6) is -0.859. The molecule has 0 radical (unpaired) electrons. The van der Waals surface area contributed by atoms with Gasteiger partial charge in [-0.1, -0.05) is 327 Å². The zero-order valence-electron chi connectivity index (χ0n) is 52.0. The third-order valence-corrected chi connectivity index (χ3v) is 15.6. The number of rotatable bonds is 64. The van der Waals surface area contributed by atoms with E-state index in [2.05, 4.69) is 57.2 Å². The number of ether oxygens (including phenoxy) is 3. The first kappa shape index (κ1) is 74.6. The molecule has 0 heterocycles. The molecule has 0 N–H and O–H groups in total. The maximum Gasteiger partial charge on any atom is 0.306 e. The van der Waals surface area contributed by atoms with Gasteiger partial charge in [-0.25, -0.2) is 0 Å². The summed E-state index contributed by atoms with van der Waals surface area (Å²) in [7, 11) is 0. The van der Waals surface area contributed by atoms with Crippen LogP contribution in [-0.2, 0) is 28.6 Å². The van der Waals surface area contributed by atoms with Gasteiger partial charge in [-0.3, -0.25) is 14.4 Å². The minimum absolute atomic E-state index is 0.0719. The molecule has 0 rings (SSSR count). The van der Waals surface area contributed by atoms with Gasteiger partial charge in [0.15, 0.2) is 6.10 Å². The second-order valence-corrected chi connectivity index (χ2v) is 23.4. The zero-order chi connectivity index (χ0) is 55.7. The Balaban J connectivity index is 4.25. The molecule has 0 aliphatic carbocycles. The second kappa shape index (κ2) is 66.1. The van der Waals surface area contributed by atoms with E-state index in [1.165, 1.54) is 263 Å². The van der Waals surface area contributed by atoms with Crippen LogP contribution in [0.1, 0.15) is 380 Å². The van der Waals surface area contributed by atoms with Crippen LogP contribution >= 0.6 is 0 Å². The van der Waals surface area contributed by atoms with Crippen molar-refractivity contribution in [3.05, 3.63) is 36.5 Å². The Morgan fingerprint density at radius 1 is 0.260 bits per heavy atom. The summed E-state index contributed by atoms with van der Waals surface area (Å²) in [4.78, 5) is 38.4. The van der Waals surface area contributed by atoms with Gasteiger partial charge in [0, 0.05) is 19.3 Å². The van der Waals surface area contributed by atoms with E-state index in [-0.39, 0.29) is 31.1 Å². The quantitative estimate of drug-likeness (QED) is 0.0261. The molecule has 0 bridgehead atoms. The molecule has 0 aromatic rings. The van der Waals surface area contributed by atoms with Gasteiger partial charge in [0.2, 0.25) is 0 Å². The van der Waals surface area contributed by atoms with Crippen molar-refractivity contribution in [3.8, 4) is 0 Å². The van der Waals surface area contributed by atoms with Crippen molar-refractivity contribution < 1.29 is 28.6 Å². The van der Waals surface area contributed by atoms with Gasteiger partial charge < -0.3 is 14.2 Å². The summed E-state index contributed by atoms with van der Waals surface area (Å²) in [6.07, 6.45) is 81.7. The van der Waals surface area contributed by atoms with Crippen LogP contribution in [-0.4, -0.2) is 37.2 Å². The molecular formula is C71H132O6. The lowest BCUT2D eigenvalue weighted by molar-refractivity contribution is -0.167. The number of hydrogen-bond donors (Lipinski definition) is 0. The SMILES string of the molecule is CCCC/C=C\C/C=C\CCCCCCCC(=O)OCC(COC(=O)CCCCCCCCCCCCCCC/C=C\CCCCCCCCCC)OC(=O)CCCCCCCCCCCCCCCCCCCCCC. The average molecular weight is 1080 g/mol. The van der Waals surface area contributed by atoms with E-state index in [9.17, 15) is 14.4 Å². The normalized spacial score (nSPS) is 12.2. The molecule has 452 valence electrons. The maximum atomic E-state index is 12.9. The Hall–Kier alpha value is -2.37. The summed E-state index contributed by atoms with van der Waals surface area (Å²) in [6.45, 7) is 6.66. The summed E-state index contributed by atoms with van der Waals surface area (Å²) in [5, 5.41) is 0. The molecule has 0 saturated heterocycles. The molecule has 0 aliphatic rings. The van der Waals surface area contributed by atoms with E-state index in [0.29, 0.717) is 19.3 Å². The third kappa shape index (κ3) is 64.3. The van der Waals surface area contributed by atoms with Crippen LogP contribution in [0.2, 0.25) is 0 Å². The Morgan fingerprint density at radius 2 is 0.481 bits per heavy atom. The number of esters is 3. The minimum atomic E-state index is -0.776. The van der Waals surface area contributed by atoms with E-state index in [4.69, 9.17) is 14.2 Å². The van der Waals surface area contributed by atoms with Crippen molar-refractivity contribution in [3.63, 3.8) is 0 Å². The minimum Gasteiger partial charge on any atom is -0.462 e. The molecule has 0 aromatic carbocycles. The van der Waals surface area contributed by atoms with E-state index in [1.807, 2.05) is 0 Å². The summed E-state index contributed by atoms with van der Waals surface area (Å²) in [5.41, 5.74) is 0. The third-order valence-electron chi connectivity index (χ3n) is 15.6. The monoisotopic (exact) mass is 1080 g/mol. The van der Waals surface area contributed by atoms with Crippen LogP contribution < -0.4 is 0 Å². The summed E-state index contributed by atoms with van der Waals surface area (Å²) >= 11 is 0. The van der Waals surface area contributed by atoms with Crippen LogP contribution in [0.4, 0.5) is 0 Å². The summed E-state index contributed by atoms with van der Waals surface area (Å²) < 4.78 is 17.0. The van der Waals surface area contributed by atoms with Gasteiger partial charge in [0.25, 0.3) is 0 Å². The molecule has 6 nitrogen and oxygen atoms in total. The van der Waals surface area contributed by atoms with Crippen molar-refractivity contribution in [1.29, 1.82) is 0 Å². The van der Waals surface area contributed by atoms with Gasteiger partial charge in [0.1, 0.15) is 13.2 Å². The maximum absolute atomic E-state index is 12.9. The summed E-state index contributed by atoms with van der Waals surface area (Å²) in [6, 6.07) is 0. The highest BCUT2D eigenvalue weighted by Crippen LogP contribution is 2.18. The van der Waals surface area contributed by atoms with Gasteiger partial charge >= 0.3 is 17.9 Å². The molecule has 1 atom stereocenters. The molecule has 1 unspecified atom stereocenters. The van der Waals surface area contributed by atoms with Crippen LogP contribution in [0.3, 0.4) is 0 Å². The van der Waals surface area contributed by atoms with E-state index in [1.54, 1.807) is 0 Å². The Kier molecular flexibility index (Phi) is 64.1. The van der Waals surface area contributed by atoms with Crippen molar-refractivity contribution in [2.45, 2.75) is 386 Å². The Labute approximate surface area is 480 Å². The lowest BCUT2D eigenvalue weighted by atomic mass is 10.0. The predicted molar refractivity (Wildman–Crippen MR) is 335 cm³/mol. The fraction of sp³-hybridized carbons (Fsp3) is 0.873. The van der Waals surface area contributed by atoms with E-state index >= 15 is 0 Å². The molecule has 0 spiro atoms. The molecule has 0 aromatic heterocycles. The molecule has 77 heavy (non-hydrogen) atoms. The van der Waals surface area contributed by atoms with Crippen molar-refractivity contribution in [1.82, 2.24) is 0 Å². The molecular weight excluding hydrogens is 949 g/mol. The van der Waals surface area contributed by atoms with Gasteiger partial charge in [-0.15, -0.1) is 0 Å². The topological polar surface area (TPSA) is 78.9 Å². The number of carbonyl (C=O) groups is 3. The lowest BCUT2D eigenvalue weighted by Crippen LogP contribution is -2.30. The van der Waals surface area contributed by atoms with Crippen LogP contribution in [0.15, 0.2) is 36.5 Å². The highest BCUT2D eigenvalue weighted by atomic mass is 16.6. The second-order valence-electron chi connectivity index (χ2n) is 23.4. The first-order valence-corrected chi connectivity index (χ1v) is 34.5. The Bertz CT molecular complexity index is 1290. The fourth-order valence-corrected chi connectivity index (χ4v) is 10.4. The molecule has 0 saturated carbocycles. The highest BCUT2D eigenvalue weighted by Gasteiger charge is 2.19. The van der Waals surface area contributed by atoms with Gasteiger partial charge in [-0.2, -0.15) is 0 Å². The first-order chi connectivity index (χ1) is 38.0. The van der Waals surface area contributed by atoms with E-state index < -0.39 is 6.10 Å². The molecule has 0 fully saturated rings. The van der Waals surface area contributed by atoms with Crippen molar-refractivity contribution in [2.24, 2.45) is 0 Å². The molecule has 0 amide bonds. The van der Waals surface area contributed by atoms with Crippen LogP contribution in [0.25, 0.3) is 0 Å². The lowest BCUT2D eigenvalue weighted by Gasteiger charge is -2.18. The largest absolute Gasteiger partial charge is 0.462 e. The van der Waals surface area contributed by atoms with E-state index in [0.717, 1.165) is 77.0 Å². The number of carbonyl (C=O) groups excluding carboxylic acids is 3. The van der Waals surface area contributed by atoms with Crippen LogP contribution in [0, 0.1) is 0 Å². The predicted octanol–water partition coefficient (Wildman–Crippen LogP) is 23.6. The van der Waals surface area contributed by atoms with Gasteiger partial charge in [0.05, 0.1) is 0 Å². The number of unbranched alkanes of at least 4 members (excludes halogenated alkanes) is 47. The fourth-order valence-electron chi connectivity index (χ4n) is 10.4. The molecule has 0 aliphatic heterocycles. The Morgan fingerprint density at radius 3 is 0.766 bits per heavy atom. The average Bonchev–Trinajstić information content (AvgIpc) is 3.43. The first-order valence-electron chi connectivity index (χ1n) is 34.5. The number of allylic oxidation sites excluding steroid dienone is 6.